The van der Waals surface area contributed by atoms with E-state index in [2.05, 4.69) is 55.0 Å². The van der Waals surface area contributed by atoms with Gasteiger partial charge in [0.05, 0.1) is 4.90 Å². The zero-order valence-corrected chi connectivity index (χ0v) is 21.0. The van der Waals surface area contributed by atoms with Crippen molar-refractivity contribution in [3.8, 4) is 22.3 Å². The molecule has 188 valence electrons. The SMILES string of the molecule is C.CCCc1scc(-c2ccccc2S(N)(=O)=O)c1-c1ccccc1.NC(O)=S.NC(O)=S.O. The number of aryl methyl sites for hydroxylation is 1. The summed E-state index contributed by atoms with van der Waals surface area (Å²) < 4.78 is 24.0. The highest BCUT2D eigenvalue weighted by Gasteiger charge is 2.20. The Balaban J connectivity index is 0. The number of aliphatic hydroxyl groups excluding tert-OH is 2. The van der Waals surface area contributed by atoms with Crippen molar-refractivity contribution in [3.05, 3.63) is 64.9 Å². The van der Waals surface area contributed by atoms with Gasteiger partial charge in [0.15, 0.2) is 0 Å². The molecule has 0 spiro atoms. The van der Waals surface area contributed by atoms with Gasteiger partial charge in [0, 0.05) is 21.6 Å². The lowest BCUT2D eigenvalue weighted by Gasteiger charge is -2.11. The molecule has 0 saturated carbocycles. The van der Waals surface area contributed by atoms with Gasteiger partial charge in [0.25, 0.3) is 10.3 Å². The maximum Gasteiger partial charge on any atom is 0.251 e. The highest BCUT2D eigenvalue weighted by atomic mass is 32.2. The van der Waals surface area contributed by atoms with Gasteiger partial charge in [-0.2, -0.15) is 0 Å². The van der Waals surface area contributed by atoms with E-state index in [0.717, 1.165) is 29.5 Å². The third-order valence-electron chi connectivity index (χ3n) is 3.89. The fourth-order valence-electron chi connectivity index (χ4n) is 2.87. The van der Waals surface area contributed by atoms with Gasteiger partial charge in [0.1, 0.15) is 0 Å². The molecule has 0 amide bonds. The summed E-state index contributed by atoms with van der Waals surface area (Å²) in [6, 6.07) is 17.0. The molecule has 1 aromatic heterocycles. The largest absolute Gasteiger partial charge is 0.487 e. The van der Waals surface area contributed by atoms with Crippen molar-refractivity contribution >= 4 is 56.1 Å². The number of primary sulfonamides is 1. The van der Waals surface area contributed by atoms with Crippen molar-refractivity contribution in [1.82, 2.24) is 0 Å². The standard InChI is InChI=1S/C19H19NO2S2.2CH3NOS.CH4.H2O/c1-2-8-17-19(14-9-4-3-5-10-14)16(13-23-17)15-11-6-7-12-18(15)24(20,21)22;2*2-1(3)4;;/h3-7,9-13H,2,8H2,1H3,(H2,20,21,22);2*(H3,2,3,4);1H4;1H2. The molecule has 10 N–H and O–H groups in total. The highest BCUT2D eigenvalue weighted by Crippen LogP contribution is 2.41. The van der Waals surface area contributed by atoms with E-state index in [4.69, 9.17) is 15.4 Å². The van der Waals surface area contributed by atoms with E-state index in [1.165, 1.54) is 4.88 Å². The second-order valence-corrected chi connectivity index (χ2v) is 9.61. The molecule has 0 radical (unpaired) electrons. The van der Waals surface area contributed by atoms with Crippen molar-refractivity contribution in [3.63, 3.8) is 0 Å². The second kappa shape index (κ2) is 16.1. The Morgan fingerprint density at radius 3 is 1.88 bits per heavy atom. The molecule has 2 aromatic carbocycles. The monoisotopic (exact) mass is 545 g/mol. The van der Waals surface area contributed by atoms with Crippen LogP contribution >= 0.6 is 35.8 Å². The van der Waals surface area contributed by atoms with Gasteiger partial charge in [-0.3, -0.25) is 0 Å². The van der Waals surface area contributed by atoms with Crippen LogP contribution in [0, 0.1) is 0 Å². The Hall–Kier alpha value is -2.61. The predicted octanol–water partition coefficient (Wildman–Crippen LogP) is 4.07. The first-order chi connectivity index (χ1) is 15.0. The van der Waals surface area contributed by atoms with Crippen molar-refractivity contribution in [2.45, 2.75) is 32.1 Å². The first-order valence-electron chi connectivity index (χ1n) is 9.23. The molecule has 0 aliphatic rings. The molecule has 3 rings (SSSR count). The summed E-state index contributed by atoms with van der Waals surface area (Å²) in [6.07, 6.45) is 2.00. The lowest BCUT2D eigenvalue weighted by molar-refractivity contribution is 0.559. The van der Waals surface area contributed by atoms with Crippen molar-refractivity contribution in [2.24, 2.45) is 16.6 Å². The fourth-order valence-corrected chi connectivity index (χ4v) is 4.79. The first-order valence-corrected chi connectivity index (χ1v) is 12.5. The van der Waals surface area contributed by atoms with Crippen LogP contribution in [-0.4, -0.2) is 34.5 Å². The quantitative estimate of drug-likeness (QED) is 0.297. The van der Waals surface area contributed by atoms with Crippen LogP contribution in [-0.2, 0) is 16.4 Å². The smallest absolute Gasteiger partial charge is 0.251 e. The molecule has 0 aliphatic carbocycles. The van der Waals surface area contributed by atoms with Crippen molar-refractivity contribution < 1.29 is 24.1 Å². The maximum absolute atomic E-state index is 12.0. The average molecular weight is 546 g/mol. The molecule has 0 aliphatic heterocycles. The number of rotatable bonds is 5. The summed E-state index contributed by atoms with van der Waals surface area (Å²) in [7, 11) is -3.78. The molecule has 0 bridgehead atoms. The van der Waals surface area contributed by atoms with Gasteiger partial charge in [-0.25, -0.2) is 13.6 Å². The predicted molar refractivity (Wildman–Crippen MR) is 150 cm³/mol. The van der Waals surface area contributed by atoms with E-state index in [0.29, 0.717) is 5.56 Å². The van der Waals surface area contributed by atoms with E-state index in [1.54, 1.807) is 23.5 Å². The van der Waals surface area contributed by atoms with E-state index in [9.17, 15) is 8.42 Å². The third kappa shape index (κ3) is 11.0. The zero-order chi connectivity index (χ0) is 24.3. The molecule has 0 saturated heterocycles. The van der Waals surface area contributed by atoms with Gasteiger partial charge in [-0.15, -0.1) is 11.3 Å². The van der Waals surface area contributed by atoms with Crippen LogP contribution in [0.4, 0.5) is 0 Å². The number of hydrogen-bond acceptors (Lipinski definition) is 5. The number of thiophene rings is 1. The Labute approximate surface area is 215 Å². The molecule has 1 heterocycles. The summed E-state index contributed by atoms with van der Waals surface area (Å²) in [5.74, 6) is 0. The number of benzene rings is 2. The Bertz CT molecular complexity index is 1130. The first kappa shape index (κ1) is 33.6. The molecule has 0 unspecified atom stereocenters. The Morgan fingerprint density at radius 1 is 0.941 bits per heavy atom. The summed E-state index contributed by atoms with van der Waals surface area (Å²) in [5, 5.41) is 21.6. The number of hydrogen-bond donors (Lipinski definition) is 5. The molecule has 3 aromatic rings. The Morgan fingerprint density at radius 2 is 1.41 bits per heavy atom. The van der Waals surface area contributed by atoms with Gasteiger partial charge in [0.2, 0.25) is 10.0 Å². The summed E-state index contributed by atoms with van der Waals surface area (Å²) in [5.41, 5.74) is 12.6. The van der Waals surface area contributed by atoms with Crippen LogP contribution in [0.25, 0.3) is 22.3 Å². The minimum atomic E-state index is -3.78. The van der Waals surface area contributed by atoms with E-state index in [-0.39, 0.29) is 17.8 Å². The lowest BCUT2D eigenvalue weighted by atomic mass is 9.96. The zero-order valence-electron chi connectivity index (χ0n) is 17.8. The minimum absolute atomic E-state index is 0. The fraction of sp³-hybridized carbons (Fsp3) is 0.182. The number of sulfonamides is 1. The van der Waals surface area contributed by atoms with Gasteiger partial charge < -0.3 is 27.2 Å². The molecular formula is C22H31N3O5S4. The number of thiocarbonyl (C=S) groups is 2. The van der Waals surface area contributed by atoms with Crippen LogP contribution < -0.4 is 16.6 Å². The number of nitrogens with two attached hydrogens (primary N) is 3. The van der Waals surface area contributed by atoms with Crippen LogP contribution in [0.1, 0.15) is 25.6 Å². The topological polar surface area (TPSA) is 184 Å². The van der Waals surface area contributed by atoms with Crippen molar-refractivity contribution in [1.29, 1.82) is 0 Å². The third-order valence-corrected chi connectivity index (χ3v) is 5.91. The summed E-state index contributed by atoms with van der Waals surface area (Å²) >= 11 is 9.41. The highest BCUT2D eigenvalue weighted by molar-refractivity contribution is 7.89. The molecular weight excluding hydrogens is 515 g/mol. The molecule has 34 heavy (non-hydrogen) atoms. The van der Waals surface area contributed by atoms with Crippen LogP contribution in [0.5, 0.6) is 0 Å². The summed E-state index contributed by atoms with van der Waals surface area (Å²) in [6.45, 7) is 2.15. The van der Waals surface area contributed by atoms with Crippen LogP contribution in [0.2, 0.25) is 0 Å². The normalized spacial score (nSPS) is 9.59. The van der Waals surface area contributed by atoms with Crippen LogP contribution in [0.3, 0.4) is 0 Å². The minimum Gasteiger partial charge on any atom is -0.487 e. The molecule has 12 heteroatoms. The van der Waals surface area contributed by atoms with E-state index >= 15 is 0 Å². The van der Waals surface area contributed by atoms with E-state index < -0.39 is 20.4 Å². The number of aliphatic hydroxyl groups is 2. The van der Waals surface area contributed by atoms with Gasteiger partial charge >= 0.3 is 0 Å². The second-order valence-electron chi connectivity index (χ2n) is 6.28. The van der Waals surface area contributed by atoms with Gasteiger partial charge in [-0.1, -0.05) is 69.3 Å². The van der Waals surface area contributed by atoms with Crippen molar-refractivity contribution in [2.75, 3.05) is 0 Å². The Kier molecular flexibility index (Phi) is 15.9. The average Bonchev–Trinajstić information content (AvgIpc) is 3.11. The van der Waals surface area contributed by atoms with Gasteiger partial charge in [-0.05, 0) is 47.9 Å². The summed E-state index contributed by atoms with van der Waals surface area (Å²) in [4.78, 5) is 1.44. The molecule has 0 fully saturated rings. The lowest BCUT2D eigenvalue weighted by Crippen LogP contribution is -2.13. The maximum atomic E-state index is 12.0. The van der Waals surface area contributed by atoms with E-state index in [1.807, 2.05) is 35.7 Å². The molecule has 0 atom stereocenters. The van der Waals surface area contributed by atoms with Crippen LogP contribution in [0.15, 0.2) is 64.9 Å². The molecule has 8 nitrogen and oxygen atoms in total.